The number of pyridine rings is 2. The Labute approximate surface area is 262 Å². The second kappa shape index (κ2) is 11.3. The van der Waals surface area contributed by atoms with Crippen molar-refractivity contribution >= 4 is 43.4 Å². The van der Waals surface area contributed by atoms with Crippen LogP contribution in [-0.2, 0) is 9.84 Å². The second-order valence-electron chi connectivity index (χ2n) is 10.9. The van der Waals surface area contributed by atoms with Gasteiger partial charge in [0, 0.05) is 34.5 Å². The summed E-state index contributed by atoms with van der Waals surface area (Å²) in [4.78, 5) is 25.3. The summed E-state index contributed by atoms with van der Waals surface area (Å²) < 4.78 is 38.9. The number of nitrogens with zero attached hydrogens (tertiary/aromatic N) is 3. The molecule has 7 rings (SSSR count). The number of carbonyl (C=O) groups is 1. The van der Waals surface area contributed by atoms with E-state index in [2.05, 4.69) is 25.5 Å². The summed E-state index contributed by atoms with van der Waals surface area (Å²) in [7, 11) is -3.64. The number of carbonyl (C=O) groups excluding carboxylic acids is 1. The lowest BCUT2D eigenvalue weighted by atomic mass is 9.99. The molecule has 4 aromatic heterocycles. The highest BCUT2D eigenvalue weighted by atomic mass is 32.2. The summed E-state index contributed by atoms with van der Waals surface area (Å²) in [6, 6.07) is 26.0. The maximum absolute atomic E-state index is 14.7. The molecule has 3 aromatic carbocycles. The average molecular weight is 632 g/mol. The number of halogens is 1. The first-order chi connectivity index (χ1) is 22.1. The fourth-order valence-corrected chi connectivity index (χ4v) is 6.03. The topological polar surface area (TPSA) is 160 Å². The maximum Gasteiger partial charge on any atom is 0.255 e. The normalized spacial score (nSPS) is 12.4. The van der Waals surface area contributed by atoms with E-state index in [1.807, 2.05) is 42.5 Å². The number of aromatic amines is 2. The molecule has 46 heavy (non-hydrogen) atoms. The Balaban J connectivity index is 1.25. The van der Waals surface area contributed by atoms with Crippen molar-refractivity contribution in [2.24, 2.45) is 5.73 Å². The molecule has 12 heteroatoms. The lowest BCUT2D eigenvalue weighted by Crippen LogP contribution is -2.20. The first-order valence-electron chi connectivity index (χ1n) is 14.2. The molecule has 1 unspecified atom stereocenters. The number of nitrogens with two attached hydrogens (primary N) is 1. The van der Waals surface area contributed by atoms with Crippen molar-refractivity contribution in [1.82, 2.24) is 25.1 Å². The highest BCUT2D eigenvalue weighted by molar-refractivity contribution is 7.90. The number of H-pyrrole nitrogens is 2. The highest BCUT2D eigenvalue weighted by Crippen LogP contribution is 2.35. The Kier molecular flexibility index (Phi) is 7.15. The van der Waals surface area contributed by atoms with E-state index in [1.165, 1.54) is 6.07 Å². The van der Waals surface area contributed by atoms with Gasteiger partial charge in [0.2, 0.25) is 0 Å². The third-order valence-electron chi connectivity index (χ3n) is 7.68. The van der Waals surface area contributed by atoms with Crippen LogP contribution >= 0.6 is 0 Å². The van der Waals surface area contributed by atoms with Crippen LogP contribution in [0.4, 0.5) is 10.1 Å². The van der Waals surface area contributed by atoms with Gasteiger partial charge in [-0.1, -0.05) is 30.3 Å². The van der Waals surface area contributed by atoms with Crippen LogP contribution in [0.3, 0.4) is 0 Å². The summed E-state index contributed by atoms with van der Waals surface area (Å²) in [5, 5.41) is 9.86. The fraction of sp³-hybridized carbons (Fsp3) is 0.0588. The SMILES string of the molecule is CS(=O)(=O)C(N)c1cc(F)cc(-c2cccc3[nH]c(-c4n[nH]c5ccc(-c6cncc(NC(=O)c7ccccc7)c6)nc45)cc23)c1. The van der Waals surface area contributed by atoms with Crippen molar-refractivity contribution in [2.75, 3.05) is 11.6 Å². The van der Waals surface area contributed by atoms with E-state index in [1.54, 1.807) is 48.8 Å². The minimum absolute atomic E-state index is 0.165. The van der Waals surface area contributed by atoms with Gasteiger partial charge in [-0.2, -0.15) is 5.10 Å². The number of amides is 1. The van der Waals surface area contributed by atoms with E-state index in [0.29, 0.717) is 56.1 Å². The number of hydrogen-bond donors (Lipinski definition) is 4. The zero-order valence-corrected chi connectivity index (χ0v) is 25.1. The molecule has 1 amide bonds. The van der Waals surface area contributed by atoms with E-state index >= 15 is 0 Å². The lowest BCUT2D eigenvalue weighted by molar-refractivity contribution is 0.102. The van der Waals surface area contributed by atoms with Crippen LogP contribution in [0, 0.1) is 5.82 Å². The van der Waals surface area contributed by atoms with Gasteiger partial charge >= 0.3 is 0 Å². The standard InChI is InChI=1S/C34H26FN7O3S/c1-46(44,45)33(36)21-12-20(13-23(35)14-21)25-8-5-9-28-26(25)16-30(39-28)32-31-29(41-42-32)11-10-27(40-31)22-15-24(18-37-17-22)38-34(43)19-6-3-2-4-7-19/h2-18,33,39H,36H2,1H3,(H,38,43)(H,41,42). The monoisotopic (exact) mass is 631 g/mol. The molecule has 0 radical (unpaired) electrons. The maximum atomic E-state index is 14.7. The summed E-state index contributed by atoms with van der Waals surface area (Å²) in [6.07, 6.45) is 4.26. The Morgan fingerprint density at radius 2 is 1.74 bits per heavy atom. The van der Waals surface area contributed by atoms with Gasteiger partial charge in [0.25, 0.3) is 5.91 Å². The van der Waals surface area contributed by atoms with E-state index in [9.17, 15) is 17.6 Å². The van der Waals surface area contributed by atoms with Gasteiger partial charge in [0.1, 0.15) is 22.4 Å². The lowest BCUT2D eigenvalue weighted by Gasteiger charge is -2.12. The van der Waals surface area contributed by atoms with Gasteiger partial charge in [-0.15, -0.1) is 0 Å². The van der Waals surface area contributed by atoms with Crippen LogP contribution < -0.4 is 11.1 Å². The fourth-order valence-electron chi connectivity index (χ4n) is 5.40. The summed E-state index contributed by atoms with van der Waals surface area (Å²) in [5.74, 6) is -0.835. The third kappa shape index (κ3) is 5.51. The Hall–Kier alpha value is -5.72. The van der Waals surface area contributed by atoms with Crippen LogP contribution in [0.15, 0.2) is 103 Å². The molecule has 0 saturated heterocycles. The third-order valence-corrected chi connectivity index (χ3v) is 8.87. The van der Waals surface area contributed by atoms with Crippen LogP contribution in [0.25, 0.3) is 55.7 Å². The minimum atomic E-state index is -3.64. The van der Waals surface area contributed by atoms with Crippen molar-refractivity contribution in [3.63, 3.8) is 0 Å². The summed E-state index contributed by atoms with van der Waals surface area (Å²) in [6.45, 7) is 0. The van der Waals surface area contributed by atoms with Crippen molar-refractivity contribution < 1.29 is 17.6 Å². The van der Waals surface area contributed by atoms with Gasteiger partial charge in [0.15, 0.2) is 9.84 Å². The number of fused-ring (bicyclic) bond motifs is 2. The predicted molar refractivity (Wildman–Crippen MR) is 176 cm³/mol. The first kappa shape index (κ1) is 29.0. The van der Waals surface area contributed by atoms with Crippen LogP contribution in [-0.4, -0.2) is 45.7 Å². The van der Waals surface area contributed by atoms with Gasteiger partial charge in [-0.3, -0.25) is 14.9 Å². The van der Waals surface area contributed by atoms with Gasteiger partial charge in [-0.25, -0.2) is 17.8 Å². The zero-order chi connectivity index (χ0) is 32.0. The predicted octanol–water partition coefficient (Wildman–Crippen LogP) is 6.23. The molecule has 0 aliphatic carbocycles. The molecular formula is C34H26FN7O3S. The molecule has 1 atom stereocenters. The first-order valence-corrected chi connectivity index (χ1v) is 16.1. The Morgan fingerprint density at radius 1 is 0.913 bits per heavy atom. The number of aromatic nitrogens is 5. The molecule has 0 fully saturated rings. The van der Waals surface area contributed by atoms with Crippen molar-refractivity contribution in [2.45, 2.75) is 5.37 Å². The number of benzene rings is 3. The van der Waals surface area contributed by atoms with E-state index in [4.69, 9.17) is 10.7 Å². The van der Waals surface area contributed by atoms with Crippen molar-refractivity contribution in [1.29, 1.82) is 0 Å². The van der Waals surface area contributed by atoms with Crippen molar-refractivity contribution in [3.8, 4) is 33.8 Å². The highest BCUT2D eigenvalue weighted by Gasteiger charge is 2.21. The Morgan fingerprint density at radius 3 is 2.54 bits per heavy atom. The molecule has 7 aromatic rings. The molecule has 0 saturated carbocycles. The molecule has 0 bridgehead atoms. The zero-order valence-electron chi connectivity index (χ0n) is 24.3. The Bertz CT molecular complexity index is 2390. The largest absolute Gasteiger partial charge is 0.353 e. The number of nitrogens with one attached hydrogen (secondary N) is 3. The van der Waals surface area contributed by atoms with Crippen LogP contribution in [0.5, 0.6) is 0 Å². The van der Waals surface area contributed by atoms with Crippen LogP contribution in [0.2, 0.25) is 0 Å². The number of hydrogen-bond acceptors (Lipinski definition) is 7. The van der Waals surface area contributed by atoms with Crippen molar-refractivity contribution in [3.05, 3.63) is 120 Å². The molecule has 0 spiro atoms. The molecular weight excluding hydrogens is 605 g/mol. The van der Waals surface area contributed by atoms with E-state index in [-0.39, 0.29) is 11.5 Å². The molecule has 0 aliphatic rings. The molecule has 0 aliphatic heterocycles. The molecule has 10 nitrogen and oxygen atoms in total. The average Bonchev–Trinajstić information content (AvgIpc) is 3.68. The molecule has 4 heterocycles. The summed E-state index contributed by atoms with van der Waals surface area (Å²) >= 11 is 0. The molecule has 228 valence electrons. The van der Waals surface area contributed by atoms with E-state index < -0.39 is 21.0 Å². The van der Waals surface area contributed by atoms with Gasteiger partial charge in [-0.05, 0) is 77.4 Å². The minimum Gasteiger partial charge on any atom is -0.353 e. The van der Waals surface area contributed by atoms with Gasteiger partial charge in [0.05, 0.1) is 28.8 Å². The number of rotatable bonds is 7. The quantitative estimate of drug-likeness (QED) is 0.162. The molecule has 5 N–H and O–H groups in total. The number of sulfone groups is 1. The van der Waals surface area contributed by atoms with Crippen LogP contribution in [0.1, 0.15) is 21.3 Å². The number of anilines is 1. The smallest absolute Gasteiger partial charge is 0.255 e. The second-order valence-corrected chi connectivity index (χ2v) is 13.1. The summed E-state index contributed by atoms with van der Waals surface area (Å²) in [5.41, 5.74) is 13.0. The van der Waals surface area contributed by atoms with E-state index in [0.717, 1.165) is 23.2 Å². The van der Waals surface area contributed by atoms with Gasteiger partial charge < -0.3 is 16.0 Å².